The van der Waals surface area contributed by atoms with Crippen molar-refractivity contribution in [2.24, 2.45) is 0 Å². The fourth-order valence-electron chi connectivity index (χ4n) is 2.36. The summed E-state index contributed by atoms with van der Waals surface area (Å²) in [5.74, 6) is 0. The summed E-state index contributed by atoms with van der Waals surface area (Å²) < 4.78 is 59.2. The number of hydrogen-bond acceptors (Lipinski definition) is 0. The molecule has 24 heavy (non-hydrogen) atoms. The molecule has 9 heteroatoms. The van der Waals surface area contributed by atoms with Crippen LogP contribution in [0.4, 0.5) is 25.2 Å². The summed E-state index contributed by atoms with van der Waals surface area (Å²) in [6.45, 7) is 11.0. The largest absolute Gasteiger partial charge is 1.00 e. The Hall–Kier alpha value is 1.76. The summed E-state index contributed by atoms with van der Waals surface area (Å²) in [6, 6.07) is 0. The summed E-state index contributed by atoms with van der Waals surface area (Å²) in [5, 5.41) is 0. The molecule has 0 saturated heterocycles. The van der Waals surface area contributed by atoms with E-state index in [1.165, 1.54) is 63.2 Å². The smallest absolute Gasteiger partial charge is 0 e. The normalized spacial score (nSPS) is 14.5. The van der Waals surface area contributed by atoms with Gasteiger partial charge in [-0.3, -0.25) is 0 Å². The molecule has 0 bridgehead atoms. The van der Waals surface area contributed by atoms with E-state index in [9.17, 15) is 25.2 Å². The molecule has 0 fully saturated rings. The molecule has 0 heterocycles. The maximum absolute atomic E-state index is 10.7. The van der Waals surface area contributed by atoms with E-state index in [-0.39, 0.29) is 50.8 Å². The van der Waals surface area contributed by atoms with E-state index in [4.69, 9.17) is 0 Å². The van der Waals surface area contributed by atoms with Gasteiger partial charge in [-0.25, -0.2) is 0 Å². The first-order valence-electron chi connectivity index (χ1n) is 8.22. The van der Waals surface area contributed by atoms with Gasteiger partial charge in [-0.2, -0.15) is 0 Å². The van der Waals surface area contributed by atoms with Gasteiger partial charge in [-0.15, -0.1) is 0 Å². The topological polar surface area (TPSA) is 0 Å². The van der Waals surface area contributed by atoms with Gasteiger partial charge in [-0.1, -0.05) is 52.7 Å². The van der Waals surface area contributed by atoms with E-state index < -0.39 is 15.1 Å². The predicted octanol–water partition coefficient (Wildman–Crippen LogP) is 9.09. The Kier molecular flexibility index (Phi) is 15.6. The van der Waals surface area contributed by atoms with Crippen LogP contribution >= 0.6 is 15.1 Å². The van der Waals surface area contributed by atoms with Crippen LogP contribution in [-0.4, -0.2) is 24.6 Å². The molecule has 0 spiro atoms. The van der Waals surface area contributed by atoms with Gasteiger partial charge in [0.05, 0.1) is 24.6 Å². The van der Waals surface area contributed by atoms with E-state index >= 15 is 0 Å². The standard InChI is InChI=1S/C15H32P.Eu.F6P/c1-5-9-13-16(12-8-4,14-10-6-2)15-11-7-3;;1-7(2,3,4,5)6/h8H,4-7,9-15H2,1-3H3;;/q+1;;-1/p+1. The first-order chi connectivity index (χ1) is 10.2. The molecule has 1 radical (unpaired) electrons. The Morgan fingerprint density at radius 1 is 0.792 bits per heavy atom. The molecular weight excluding hydrogens is 508 g/mol. The molecule has 0 aromatic rings. The van der Waals surface area contributed by atoms with Crippen LogP contribution in [0.25, 0.3) is 0 Å². The number of unbranched alkanes of at least 4 members (excludes halogenated alkanes) is 3. The molecule has 0 amide bonds. The van der Waals surface area contributed by atoms with Gasteiger partial charge in [0.15, 0.2) is 0 Å². The van der Waals surface area contributed by atoms with Crippen LogP contribution in [0, 0.1) is 49.4 Å². The molecule has 0 aliphatic rings. The van der Waals surface area contributed by atoms with E-state index in [2.05, 4.69) is 33.4 Å². The van der Waals surface area contributed by atoms with Gasteiger partial charge < -0.3 is 0 Å². The molecule has 0 unspecified atom stereocenters. The van der Waals surface area contributed by atoms with Gasteiger partial charge in [0, 0.05) is 56.6 Å². The third-order valence-electron chi connectivity index (χ3n) is 3.47. The van der Waals surface area contributed by atoms with Gasteiger partial charge >= 0.3 is 34.4 Å². The van der Waals surface area contributed by atoms with E-state index in [0.29, 0.717) is 0 Å². The Balaban J connectivity index is -0.000000210. The van der Waals surface area contributed by atoms with Crippen LogP contribution in [0.1, 0.15) is 60.7 Å². The summed E-state index contributed by atoms with van der Waals surface area (Å²) in [7, 11) is -11.3. The van der Waals surface area contributed by atoms with Gasteiger partial charge in [-0.05, 0) is 19.3 Å². The molecular formula is C15H33EuF6P2+. The van der Waals surface area contributed by atoms with Crippen molar-refractivity contribution in [2.45, 2.75) is 59.3 Å². The predicted molar refractivity (Wildman–Crippen MR) is 96.0 cm³/mol. The quantitative estimate of drug-likeness (QED) is 0.139. The second kappa shape index (κ2) is 12.3. The average Bonchev–Trinajstić information content (AvgIpc) is 2.37. The Morgan fingerprint density at radius 2 is 1.04 bits per heavy atom. The van der Waals surface area contributed by atoms with Gasteiger partial charge in [0.25, 0.3) is 0 Å². The van der Waals surface area contributed by atoms with E-state index in [1.54, 1.807) is 0 Å². The zero-order valence-corrected chi connectivity index (χ0v) is 19.1. The molecule has 0 atom stereocenters. The fourth-order valence-corrected chi connectivity index (χ4v) is 7.09. The van der Waals surface area contributed by atoms with Crippen molar-refractivity contribution in [1.29, 1.82) is 0 Å². The maximum Gasteiger partial charge on any atom is 1.00 e. The third-order valence-corrected chi connectivity index (χ3v) is 8.30. The molecule has 0 aromatic heterocycles. The molecule has 0 rings (SSSR count). The summed E-state index contributed by atoms with van der Waals surface area (Å²) in [5.41, 5.74) is 0. The minimum absolute atomic E-state index is 0. The van der Waals surface area contributed by atoms with Crippen molar-refractivity contribution in [3.05, 3.63) is 12.7 Å². The molecule has 0 aliphatic heterocycles. The first-order valence-corrected chi connectivity index (χ1v) is 12.8. The van der Waals surface area contributed by atoms with Gasteiger partial charge in [0.1, 0.15) is 0 Å². The van der Waals surface area contributed by atoms with Crippen molar-refractivity contribution in [1.82, 2.24) is 0 Å². The van der Waals surface area contributed by atoms with Crippen molar-refractivity contribution in [2.75, 3.05) is 24.6 Å². The van der Waals surface area contributed by atoms with E-state index in [1.807, 2.05) is 0 Å². The molecule has 0 saturated carbocycles. The van der Waals surface area contributed by atoms with Crippen molar-refractivity contribution >= 4 is 15.1 Å². The zero-order chi connectivity index (χ0) is 18.7. The molecule has 0 nitrogen and oxygen atoms in total. The summed E-state index contributed by atoms with van der Waals surface area (Å²) in [4.78, 5) is 0. The SMILES string of the molecule is C=CC[P+](CCCC)(CCCC)CCCC.F[P-](F)(F)(F)(F)F.[Eu].[H+]. The minimum atomic E-state index is -10.7. The number of halogens is 6. The first kappa shape index (κ1) is 30.5. The molecule has 0 N–H and O–H groups in total. The number of hydrogen-bond donors (Lipinski definition) is 0. The minimum Gasteiger partial charge on any atom is 0 e. The maximum atomic E-state index is 9.87. The second-order valence-corrected chi connectivity index (χ2v) is 12.3. The fraction of sp³-hybridized carbons (Fsp3) is 0.867. The van der Waals surface area contributed by atoms with E-state index in [0.717, 1.165) is 0 Å². The molecule has 151 valence electrons. The van der Waals surface area contributed by atoms with Crippen LogP contribution < -0.4 is 0 Å². The van der Waals surface area contributed by atoms with Crippen LogP contribution in [0.5, 0.6) is 0 Å². The second-order valence-electron chi connectivity index (χ2n) is 6.00. The third kappa shape index (κ3) is 28.6. The Labute approximate surface area is 186 Å². The van der Waals surface area contributed by atoms with Crippen LogP contribution in [-0.2, 0) is 0 Å². The van der Waals surface area contributed by atoms with Crippen molar-refractivity contribution in [3.8, 4) is 0 Å². The monoisotopic (exact) mass is 542 g/mol. The van der Waals surface area contributed by atoms with Crippen LogP contribution in [0.3, 0.4) is 0 Å². The molecule has 0 aromatic carbocycles. The molecule has 0 aliphatic carbocycles. The van der Waals surface area contributed by atoms with Gasteiger partial charge in [0.2, 0.25) is 0 Å². The van der Waals surface area contributed by atoms with Crippen molar-refractivity contribution in [3.63, 3.8) is 0 Å². The van der Waals surface area contributed by atoms with Crippen LogP contribution in [0.2, 0.25) is 0 Å². The Bertz CT molecular complexity index is 302. The average molecular weight is 541 g/mol. The Morgan fingerprint density at radius 3 is 1.21 bits per heavy atom. The zero-order valence-electron chi connectivity index (χ0n) is 15.9. The van der Waals surface area contributed by atoms with Crippen LogP contribution in [0.15, 0.2) is 12.7 Å². The summed E-state index contributed by atoms with van der Waals surface area (Å²) in [6.07, 6.45) is 16.5. The van der Waals surface area contributed by atoms with Crippen molar-refractivity contribution < 1.29 is 76.0 Å². The number of allylic oxidation sites excluding steroid dienone is 1. The number of rotatable bonds is 11. The summed E-state index contributed by atoms with van der Waals surface area (Å²) >= 11 is 0.